The lowest BCUT2D eigenvalue weighted by molar-refractivity contribution is -0.384. The van der Waals surface area contributed by atoms with Crippen LogP contribution in [0.1, 0.15) is 17.4 Å². The van der Waals surface area contributed by atoms with Crippen LogP contribution in [0.5, 0.6) is 0 Å². The molecule has 0 bridgehead atoms. The van der Waals surface area contributed by atoms with Crippen LogP contribution in [0.25, 0.3) is 11.2 Å². The summed E-state index contributed by atoms with van der Waals surface area (Å²) in [6.45, 7) is 1.69. The lowest BCUT2D eigenvalue weighted by Crippen LogP contribution is -2.33. The van der Waals surface area contributed by atoms with E-state index in [9.17, 15) is 25.4 Å². The number of ether oxygens (including phenoxy) is 1. The van der Waals surface area contributed by atoms with Crippen molar-refractivity contribution < 1.29 is 25.0 Å². The smallest absolute Gasteiger partial charge is 0.269 e. The Bertz CT molecular complexity index is 1090. The first kappa shape index (κ1) is 20.1. The molecular weight excluding hydrogens is 396 g/mol. The normalized spacial score (nSPS) is 23.7. The molecule has 2 aromatic heterocycles. The third-order valence-electron chi connectivity index (χ3n) is 5.14. The van der Waals surface area contributed by atoms with Crippen molar-refractivity contribution in [2.75, 3.05) is 11.9 Å². The first-order valence-corrected chi connectivity index (χ1v) is 9.18. The van der Waals surface area contributed by atoms with E-state index in [0.717, 1.165) is 11.1 Å². The molecule has 4 rings (SSSR count). The van der Waals surface area contributed by atoms with Gasteiger partial charge in [0.15, 0.2) is 23.2 Å². The Kier molecular flexibility index (Phi) is 5.30. The molecule has 1 aliphatic heterocycles. The number of aryl methyl sites for hydroxylation is 1. The van der Waals surface area contributed by atoms with Gasteiger partial charge in [-0.2, -0.15) is 0 Å². The summed E-state index contributed by atoms with van der Waals surface area (Å²) in [6.07, 6.45) is -1.68. The summed E-state index contributed by atoms with van der Waals surface area (Å²) in [5.74, 6) is 0.399. The van der Waals surface area contributed by atoms with Gasteiger partial charge in [-0.3, -0.25) is 14.7 Å². The quantitative estimate of drug-likeness (QED) is 0.323. The molecule has 12 heteroatoms. The highest BCUT2D eigenvalue weighted by atomic mass is 16.6. The number of aliphatic hydroxyl groups excluding tert-OH is 3. The average molecular weight is 416 g/mol. The highest BCUT2D eigenvalue weighted by molar-refractivity contribution is 5.82. The van der Waals surface area contributed by atoms with Crippen LogP contribution in [0.15, 0.2) is 30.9 Å². The molecule has 0 spiro atoms. The molecule has 0 aliphatic carbocycles. The summed E-state index contributed by atoms with van der Waals surface area (Å²) in [5.41, 5.74) is 2.38. The van der Waals surface area contributed by atoms with Crippen molar-refractivity contribution in [3.05, 3.63) is 52.1 Å². The van der Waals surface area contributed by atoms with Gasteiger partial charge in [-0.05, 0) is 18.1 Å². The summed E-state index contributed by atoms with van der Waals surface area (Å²) in [6, 6.07) is 4.63. The Morgan fingerprint density at radius 2 is 2.07 bits per heavy atom. The van der Waals surface area contributed by atoms with E-state index in [1.807, 2.05) is 6.92 Å². The molecule has 158 valence electrons. The Morgan fingerprint density at radius 1 is 1.27 bits per heavy atom. The molecule has 0 unspecified atom stereocenters. The standard InChI is InChI=1S/C18H20N6O6/c1-9-2-3-11(24(28)29)4-10(9)5-19-16-13-17(21-7-20-16)23(8-22-13)18-15(27)14(26)12(6-25)30-18/h2-4,7-8,12,14-15,18,25-27H,5-6H2,1H3,(H,19,20,21)/t12-,14-,15-,18-/m1/s1. The maximum Gasteiger partial charge on any atom is 0.269 e. The molecule has 3 aromatic rings. The number of nitro groups is 1. The summed E-state index contributed by atoms with van der Waals surface area (Å²) in [7, 11) is 0. The number of rotatable bonds is 6. The van der Waals surface area contributed by atoms with E-state index < -0.39 is 36.1 Å². The van der Waals surface area contributed by atoms with E-state index in [-0.39, 0.29) is 12.2 Å². The Balaban J connectivity index is 1.60. The Labute approximate surface area is 169 Å². The number of nitrogens with zero attached hydrogens (tertiary/aromatic N) is 5. The second kappa shape index (κ2) is 7.91. The largest absolute Gasteiger partial charge is 0.394 e. The molecule has 1 fully saturated rings. The van der Waals surface area contributed by atoms with Gasteiger partial charge in [0.2, 0.25) is 0 Å². The van der Waals surface area contributed by atoms with Gasteiger partial charge in [-0.15, -0.1) is 0 Å². The molecule has 4 N–H and O–H groups in total. The van der Waals surface area contributed by atoms with E-state index >= 15 is 0 Å². The van der Waals surface area contributed by atoms with E-state index in [4.69, 9.17) is 4.74 Å². The van der Waals surface area contributed by atoms with Crippen molar-refractivity contribution in [1.82, 2.24) is 19.5 Å². The third kappa shape index (κ3) is 3.45. The van der Waals surface area contributed by atoms with Crippen LogP contribution < -0.4 is 5.32 Å². The molecule has 30 heavy (non-hydrogen) atoms. The van der Waals surface area contributed by atoms with Crippen molar-refractivity contribution in [3.63, 3.8) is 0 Å². The fourth-order valence-corrected chi connectivity index (χ4v) is 3.42. The second-order valence-electron chi connectivity index (χ2n) is 7.00. The summed E-state index contributed by atoms with van der Waals surface area (Å²) in [4.78, 5) is 23.2. The molecule has 0 saturated carbocycles. The number of hydrogen-bond donors (Lipinski definition) is 4. The molecule has 3 heterocycles. The minimum atomic E-state index is -1.27. The summed E-state index contributed by atoms with van der Waals surface area (Å²) in [5, 5.41) is 43.7. The van der Waals surface area contributed by atoms with Crippen LogP contribution >= 0.6 is 0 Å². The number of aromatic nitrogens is 4. The Hall–Kier alpha value is -3.19. The monoisotopic (exact) mass is 416 g/mol. The number of nitrogens with one attached hydrogen (secondary N) is 1. The maximum absolute atomic E-state index is 11.0. The molecule has 0 radical (unpaired) electrons. The number of non-ortho nitro benzene ring substituents is 1. The maximum atomic E-state index is 11.0. The van der Waals surface area contributed by atoms with Crippen molar-refractivity contribution in [1.29, 1.82) is 0 Å². The predicted molar refractivity (Wildman–Crippen MR) is 103 cm³/mol. The van der Waals surface area contributed by atoms with Gasteiger partial charge in [-0.1, -0.05) is 6.07 Å². The second-order valence-corrected chi connectivity index (χ2v) is 7.00. The van der Waals surface area contributed by atoms with Crippen molar-refractivity contribution in [2.24, 2.45) is 0 Å². The minimum absolute atomic E-state index is 0.00104. The molecule has 4 atom stereocenters. The summed E-state index contributed by atoms with van der Waals surface area (Å²) >= 11 is 0. The highest BCUT2D eigenvalue weighted by Gasteiger charge is 2.44. The first-order valence-electron chi connectivity index (χ1n) is 9.18. The van der Waals surface area contributed by atoms with Crippen LogP contribution in [0.3, 0.4) is 0 Å². The average Bonchev–Trinajstić information content (AvgIpc) is 3.28. The van der Waals surface area contributed by atoms with Crippen LogP contribution in [0, 0.1) is 17.0 Å². The molecule has 1 aliphatic rings. The zero-order chi connectivity index (χ0) is 21.4. The van der Waals surface area contributed by atoms with Gasteiger partial charge in [0, 0.05) is 18.7 Å². The molecule has 0 amide bonds. The third-order valence-corrected chi connectivity index (χ3v) is 5.14. The van der Waals surface area contributed by atoms with Gasteiger partial charge < -0.3 is 25.4 Å². The van der Waals surface area contributed by atoms with Gasteiger partial charge in [0.1, 0.15) is 24.6 Å². The topological polar surface area (TPSA) is 169 Å². The van der Waals surface area contributed by atoms with E-state index in [1.165, 1.54) is 29.4 Å². The molecular formula is C18H20N6O6. The fraction of sp³-hybridized carbons (Fsp3) is 0.389. The molecule has 12 nitrogen and oxygen atoms in total. The zero-order valence-corrected chi connectivity index (χ0v) is 15.9. The fourth-order valence-electron chi connectivity index (χ4n) is 3.42. The van der Waals surface area contributed by atoms with Gasteiger partial charge in [0.25, 0.3) is 5.69 Å². The number of anilines is 1. The van der Waals surface area contributed by atoms with Crippen LogP contribution in [-0.4, -0.2) is 64.7 Å². The molecule has 1 aromatic carbocycles. The van der Waals surface area contributed by atoms with Gasteiger partial charge >= 0.3 is 0 Å². The number of benzene rings is 1. The number of aliphatic hydroxyl groups is 3. The number of imidazole rings is 1. The zero-order valence-electron chi connectivity index (χ0n) is 15.9. The SMILES string of the molecule is Cc1ccc([N+](=O)[O-])cc1CNc1ncnc2c1ncn2[C@@H]1O[C@H](CO)[C@@H](O)[C@H]1O. The lowest BCUT2D eigenvalue weighted by Gasteiger charge is -2.16. The summed E-state index contributed by atoms with van der Waals surface area (Å²) < 4.78 is 7.00. The lowest BCUT2D eigenvalue weighted by atomic mass is 10.1. The number of hydrogen-bond acceptors (Lipinski definition) is 10. The van der Waals surface area contributed by atoms with E-state index in [0.29, 0.717) is 17.0 Å². The predicted octanol–water partition coefficient (Wildman–Crippen LogP) is 0.267. The van der Waals surface area contributed by atoms with Crippen molar-refractivity contribution in [3.8, 4) is 0 Å². The van der Waals surface area contributed by atoms with E-state index in [1.54, 1.807) is 6.07 Å². The number of nitro benzene ring substituents is 1. The van der Waals surface area contributed by atoms with E-state index in [2.05, 4.69) is 20.3 Å². The highest BCUT2D eigenvalue weighted by Crippen LogP contribution is 2.32. The van der Waals surface area contributed by atoms with Crippen LogP contribution in [0.2, 0.25) is 0 Å². The number of fused-ring (bicyclic) bond motifs is 1. The van der Waals surface area contributed by atoms with Crippen LogP contribution in [-0.2, 0) is 11.3 Å². The van der Waals surface area contributed by atoms with Gasteiger partial charge in [0.05, 0.1) is 17.9 Å². The van der Waals surface area contributed by atoms with Crippen LogP contribution in [0.4, 0.5) is 11.5 Å². The minimum Gasteiger partial charge on any atom is -0.394 e. The van der Waals surface area contributed by atoms with Gasteiger partial charge in [-0.25, -0.2) is 15.0 Å². The van der Waals surface area contributed by atoms with Crippen molar-refractivity contribution in [2.45, 2.75) is 38.0 Å². The van der Waals surface area contributed by atoms with Crippen molar-refractivity contribution >= 4 is 22.7 Å². The Morgan fingerprint density at radius 3 is 2.77 bits per heavy atom. The first-order chi connectivity index (χ1) is 14.4. The molecule has 1 saturated heterocycles.